The predicted molar refractivity (Wildman–Crippen MR) is 79.7 cm³/mol. The Morgan fingerprint density at radius 3 is 3.00 bits per heavy atom. The molecule has 1 heterocycles. The van der Waals surface area contributed by atoms with Gasteiger partial charge in [0.15, 0.2) is 0 Å². The van der Waals surface area contributed by atoms with E-state index in [0.29, 0.717) is 13.0 Å². The Kier molecular flexibility index (Phi) is 5.41. The molecule has 1 fully saturated rings. The first-order chi connectivity index (χ1) is 9.65. The van der Waals surface area contributed by atoms with Gasteiger partial charge in [-0.05, 0) is 43.9 Å². The normalized spacial score (nSPS) is 18.3. The van der Waals surface area contributed by atoms with E-state index in [1.807, 2.05) is 36.1 Å². The van der Waals surface area contributed by atoms with Crippen molar-refractivity contribution in [2.24, 2.45) is 5.73 Å². The Hall–Kier alpha value is -1.55. The van der Waals surface area contributed by atoms with E-state index >= 15 is 0 Å². The van der Waals surface area contributed by atoms with Crippen LogP contribution in [-0.4, -0.2) is 36.5 Å². The topological polar surface area (TPSA) is 55.6 Å². The van der Waals surface area contributed by atoms with E-state index in [4.69, 9.17) is 10.5 Å². The van der Waals surface area contributed by atoms with Gasteiger partial charge in [0.2, 0.25) is 5.91 Å². The van der Waals surface area contributed by atoms with Crippen molar-refractivity contribution in [2.75, 3.05) is 19.7 Å². The Morgan fingerprint density at radius 1 is 1.45 bits per heavy atom. The lowest BCUT2D eigenvalue weighted by molar-refractivity contribution is -0.130. The number of nitrogens with zero attached hydrogens (tertiary/aromatic N) is 1. The third kappa shape index (κ3) is 4.53. The Balaban J connectivity index is 1.58. The van der Waals surface area contributed by atoms with E-state index in [1.54, 1.807) is 0 Å². The Labute approximate surface area is 120 Å². The lowest BCUT2D eigenvalue weighted by atomic mass is 10.2. The van der Waals surface area contributed by atoms with E-state index in [9.17, 15) is 4.79 Å². The molecule has 0 spiro atoms. The van der Waals surface area contributed by atoms with E-state index in [2.05, 4.69) is 0 Å². The van der Waals surface area contributed by atoms with Gasteiger partial charge in [0.25, 0.3) is 0 Å². The third-order valence-corrected chi connectivity index (χ3v) is 3.62. The van der Waals surface area contributed by atoms with Crippen LogP contribution in [0.25, 0.3) is 0 Å². The van der Waals surface area contributed by atoms with Crippen LogP contribution in [0.1, 0.15) is 31.2 Å². The first kappa shape index (κ1) is 14.9. The van der Waals surface area contributed by atoms with E-state index in [1.165, 1.54) is 5.56 Å². The third-order valence-electron chi connectivity index (χ3n) is 3.62. The number of carbonyl (C=O) groups excluding carboxylic acids is 1. The maximum atomic E-state index is 11.9. The number of carbonyl (C=O) groups is 1. The van der Waals surface area contributed by atoms with Gasteiger partial charge < -0.3 is 15.4 Å². The van der Waals surface area contributed by atoms with Gasteiger partial charge in [0.1, 0.15) is 5.75 Å². The molecule has 0 aromatic heterocycles. The van der Waals surface area contributed by atoms with Crippen molar-refractivity contribution >= 4 is 5.91 Å². The molecule has 20 heavy (non-hydrogen) atoms. The molecular formula is C16H24N2O2. The summed E-state index contributed by atoms with van der Waals surface area (Å²) in [5, 5.41) is 0. The molecule has 1 amide bonds. The predicted octanol–water partition coefficient (Wildman–Crippen LogP) is 2.10. The summed E-state index contributed by atoms with van der Waals surface area (Å²) >= 11 is 0. The number of aryl methyl sites for hydroxylation is 1. The van der Waals surface area contributed by atoms with Crippen LogP contribution in [0.2, 0.25) is 0 Å². The van der Waals surface area contributed by atoms with E-state index in [-0.39, 0.29) is 11.9 Å². The lowest BCUT2D eigenvalue weighted by Gasteiger charge is -2.15. The minimum Gasteiger partial charge on any atom is -0.494 e. The number of unbranched alkanes of at least 4 members (excludes halogenated alkanes) is 1. The van der Waals surface area contributed by atoms with Crippen LogP contribution in [0.5, 0.6) is 5.75 Å². The average Bonchev–Trinajstić information content (AvgIpc) is 2.85. The summed E-state index contributed by atoms with van der Waals surface area (Å²) in [4.78, 5) is 13.8. The molecule has 1 saturated heterocycles. The van der Waals surface area contributed by atoms with Crippen LogP contribution in [-0.2, 0) is 4.79 Å². The highest BCUT2D eigenvalue weighted by atomic mass is 16.5. The fraction of sp³-hybridized carbons (Fsp3) is 0.562. The zero-order valence-electron chi connectivity index (χ0n) is 12.2. The summed E-state index contributed by atoms with van der Waals surface area (Å²) in [5.41, 5.74) is 7.00. The highest BCUT2D eigenvalue weighted by Crippen LogP contribution is 2.14. The van der Waals surface area contributed by atoms with Crippen LogP contribution in [0.4, 0.5) is 0 Å². The number of hydrogen-bond acceptors (Lipinski definition) is 3. The first-order valence-corrected chi connectivity index (χ1v) is 7.38. The fourth-order valence-electron chi connectivity index (χ4n) is 2.45. The van der Waals surface area contributed by atoms with Gasteiger partial charge in [0.05, 0.1) is 6.61 Å². The largest absolute Gasteiger partial charge is 0.494 e. The maximum Gasteiger partial charge on any atom is 0.222 e. The van der Waals surface area contributed by atoms with Gasteiger partial charge in [-0.1, -0.05) is 12.1 Å². The van der Waals surface area contributed by atoms with Crippen molar-refractivity contribution < 1.29 is 9.53 Å². The number of nitrogens with two attached hydrogens (primary N) is 1. The highest BCUT2D eigenvalue weighted by Gasteiger charge is 2.22. The minimum absolute atomic E-state index is 0.170. The molecule has 1 atom stereocenters. The van der Waals surface area contributed by atoms with Gasteiger partial charge >= 0.3 is 0 Å². The molecule has 1 aliphatic heterocycles. The van der Waals surface area contributed by atoms with Crippen LogP contribution in [0, 0.1) is 6.92 Å². The van der Waals surface area contributed by atoms with Crippen molar-refractivity contribution in [1.29, 1.82) is 0 Å². The molecule has 2 N–H and O–H groups in total. The number of hydrogen-bond donors (Lipinski definition) is 1. The highest BCUT2D eigenvalue weighted by molar-refractivity contribution is 5.76. The Bertz CT molecular complexity index is 448. The minimum atomic E-state index is 0.170. The monoisotopic (exact) mass is 276 g/mol. The molecule has 0 radical (unpaired) electrons. The molecule has 0 bridgehead atoms. The average molecular weight is 276 g/mol. The molecule has 0 unspecified atom stereocenters. The van der Waals surface area contributed by atoms with Crippen molar-refractivity contribution in [3.05, 3.63) is 29.8 Å². The molecule has 0 saturated carbocycles. The van der Waals surface area contributed by atoms with Crippen LogP contribution >= 0.6 is 0 Å². The molecule has 4 heteroatoms. The van der Waals surface area contributed by atoms with Crippen LogP contribution in [0.3, 0.4) is 0 Å². The number of ether oxygens (including phenoxy) is 1. The molecule has 2 rings (SSSR count). The van der Waals surface area contributed by atoms with Gasteiger partial charge in [-0.15, -0.1) is 0 Å². The second-order valence-corrected chi connectivity index (χ2v) is 5.51. The fourth-order valence-corrected chi connectivity index (χ4v) is 2.45. The number of benzene rings is 1. The summed E-state index contributed by atoms with van der Waals surface area (Å²) in [7, 11) is 0. The number of likely N-dealkylation sites (tertiary alicyclic amines) is 1. The molecule has 1 aliphatic rings. The van der Waals surface area contributed by atoms with E-state index in [0.717, 1.165) is 38.1 Å². The quantitative estimate of drug-likeness (QED) is 0.810. The summed E-state index contributed by atoms with van der Waals surface area (Å²) < 4.78 is 5.67. The maximum absolute atomic E-state index is 11.9. The van der Waals surface area contributed by atoms with Gasteiger partial charge in [-0.3, -0.25) is 4.79 Å². The SMILES string of the molecule is Cc1cccc(OCCCCC(=O)N2CC[C@@H](N)C2)c1. The van der Waals surface area contributed by atoms with Gasteiger partial charge in [-0.2, -0.15) is 0 Å². The molecule has 110 valence electrons. The first-order valence-electron chi connectivity index (χ1n) is 7.38. The molecule has 1 aromatic rings. The van der Waals surface area contributed by atoms with E-state index < -0.39 is 0 Å². The smallest absolute Gasteiger partial charge is 0.222 e. The zero-order valence-corrected chi connectivity index (χ0v) is 12.2. The summed E-state index contributed by atoms with van der Waals surface area (Å²) in [6, 6.07) is 8.20. The van der Waals surface area contributed by atoms with Crippen molar-refractivity contribution in [2.45, 2.75) is 38.6 Å². The standard InChI is InChI=1S/C16H24N2O2/c1-13-5-4-6-15(11-13)20-10-3-2-7-16(19)18-9-8-14(17)12-18/h4-6,11,14H,2-3,7-10,12,17H2,1H3/t14-/m1/s1. The number of amides is 1. The Morgan fingerprint density at radius 2 is 2.30 bits per heavy atom. The molecular weight excluding hydrogens is 252 g/mol. The van der Waals surface area contributed by atoms with Crippen LogP contribution < -0.4 is 10.5 Å². The van der Waals surface area contributed by atoms with Crippen molar-refractivity contribution in [3.8, 4) is 5.75 Å². The number of rotatable bonds is 6. The second-order valence-electron chi connectivity index (χ2n) is 5.51. The summed E-state index contributed by atoms with van der Waals surface area (Å²) in [5.74, 6) is 1.13. The molecule has 4 nitrogen and oxygen atoms in total. The lowest BCUT2D eigenvalue weighted by Crippen LogP contribution is -2.31. The van der Waals surface area contributed by atoms with Crippen LogP contribution in [0.15, 0.2) is 24.3 Å². The summed E-state index contributed by atoms with van der Waals surface area (Å²) in [6.07, 6.45) is 3.31. The second kappa shape index (κ2) is 7.29. The van der Waals surface area contributed by atoms with Crippen molar-refractivity contribution in [1.82, 2.24) is 4.90 Å². The molecule has 1 aromatic carbocycles. The van der Waals surface area contributed by atoms with Crippen molar-refractivity contribution in [3.63, 3.8) is 0 Å². The van der Waals surface area contributed by atoms with Gasteiger partial charge in [0, 0.05) is 25.6 Å². The molecule has 0 aliphatic carbocycles. The zero-order chi connectivity index (χ0) is 14.4. The van der Waals surface area contributed by atoms with Gasteiger partial charge in [-0.25, -0.2) is 0 Å². The summed E-state index contributed by atoms with van der Waals surface area (Å²) in [6.45, 7) is 4.25.